The number of hydrazone groups is 1. The highest BCUT2D eigenvalue weighted by atomic mass is 16.6. The second-order valence-corrected chi connectivity index (χ2v) is 6.12. The van der Waals surface area contributed by atoms with E-state index in [1.165, 1.54) is 13.0 Å². The van der Waals surface area contributed by atoms with Crippen LogP contribution >= 0.6 is 0 Å². The zero-order valence-electron chi connectivity index (χ0n) is 14.5. The van der Waals surface area contributed by atoms with Crippen molar-refractivity contribution in [3.05, 3.63) is 60.2 Å². The summed E-state index contributed by atoms with van der Waals surface area (Å²) in [5.41, 5.74) is -0.288. The first-order valence-electron chi connectivity index (χ1n) is 8.11. The number of rotatable bonds is 4. The van der Waals surface area contributed by atoms with Crippen LogP contribution in [0.25, 0.3) is 0 Å². The Hall–Kier alpha value is -3.35. The summed E-state index contributed by atoms with van der Waals surface area (Å²) < 4.78 is 5.83. The van der Waals surface area contributed by atoms with E-state index in [1.807, 2.05) is 18.2 Å². The normalized spacial score (nSPS) is 18.8. The number of phenolic OH excluding ortho intramolecular Hbond substituents is 1. The Labute approximate surface area is 150 Å². The van der Waals surface area contributed by atoms with Crippen molar-refractivity contribution >= 4 is 23.4 Å². The Bertz CT molecular complexity index is 866. The SMILES string of the molecule is CC(=O)N1N=C(c2ccccc2O)O[C@@]1(C)CC(=O)Nc1ccccc1. The zero-order valence-corrected chi connectivity index (χ0v) is 14.5. The van der Waals surface area contributed by atoms with E-state index in [0.29, 0.717) is 11.3 Å². The maximum Gasteiger partial charge on any atom is 0.244 e. The number of carbonyl (C=O) groups excluding carboxylic acids is 2. The smallest absolute Gasteiger partial charge is 0.244 e. The first kappa shape index (κ1) is 17.5. The van der Waals surface area contributed by atoms with Gasteiger partial charge in [-0.25, -0.2) is 0 Å². The lowest BCUT2D eigenvalue weighted by Crippen LogP contribution is -2.46. The number of aromatic hydroxyl groups is 1. The quantitative estimate of drug-likeness (QED) is 0.884. The van der Waals surface area contributed by atoms with Crippen molar-refractivity contribution in [3.8, 4) is 5.75 Å². The van der Waals surface area contributed by atoms with Gasteiger partial charge >= 0.3 is 0 Å². The fraction of sp³-hybridized carbons (Fsp3) is 0.211. The summed E-state index contributed by atoms with van der Waals surface area (Å²) in [6.07, 6.45) is -0.123. The van der Waals surface area contributed by atoms with Gasteiger partial charge in [-0.2, -0.15) is 5.01 Å². The molecule has 134 valence electrons. The highest BCUT2D eigenvalue weighted by molar-refractivity contribution is 6.00. The number of nitrogens with one attached hydrogen (secondary N) is 1. The van der Waals surface area contributed by atoms with Crippen LogP contribution in [-0.4, -0.2) is 33.6 Å². The second kappa shape index (κ2) is 6.87. The third-order valence-electron chi connectivity index (χ3n) is 3.93. The second-order valence-electron chi connectivity index (χ2n) is 6.12. The number of nitrogens with zero attached hydrogens (tertiary/aromatic N) is 2. The molecule has 0 fully saturated rings. The minimum atomic E-state index is -1.29. The maximum atomic E-state index is 12.4. The van der Waals surface area contributed by atoms with Gasteiger partial charge in [0.1, 0.15) is 5.75 Å². The molecule has 0 unspecified atom stereocenters. The summed E-state index contributed by atoms with van der Waals surface area (Å²) >= 11 is 0. The molecule has 0 aromatic heterocycles. The molecule has 0 spiro atoms. The number of hydrogen-bond acceptors (Lipinski definition) is 5. The Balaban J connectivity index is 1.81. The summed E-state index contributed by atoms with van der Waals surface area (Å²) in [4.78, 5) is 24.4. The van der Waals surface area contributed by atoms with Gasteiger partial charge in [-0.05, 0) is 31.2 Å². The van der Waals surface area contributed by atoms with Gasteiger partial charge in [0.25, 0.3) is 0 Å². The summed E-state index contributed by atoms with van der Waals surface area (Å²) in [6.45, 7) is 2.95. The van der Waals surface area contributed by atoms with Crippen LogP contribution in [0.4, 0.5) is 5.69 Å². The lowest BCUT2D eigenvalue weighted by atomic mass is 10.1. The van der Waals surface area contributed by atoms with Crippen molar-refractivity contribution in [1.82, 2.24) is 5.01 Å². The topological polar surface area (TPSA) is 91.2 Å². The predicted octanol–water partition coefficient (Wildman–Crippen LogP) is 2.68. The lowest BCUT2D eigenvalue weighted by Gasteiger charge is -2.30. The van der Waals surface area contributed by atoms with Gasteiger partial charge in [0, 0.05) is 12.6 Å². The number of para-hydroxylation sites is 2. The Kier molecular flexibility index (Phi) is 4.62. The fourth-order valence-electron chi connectivity index (χ4n) is 2.77. The van der Waals surface area contributed by atoms with E-state index in [1.54, 1.807) is 37.3 Å². The molecule has 2 N–H and O–H groups in total. The molecular formula is C19H19N3O4. The third-order valence-corrected chi connectivity index (χ3v) is 3.93. The minimum absolute atomic E-state index is 0.0206. The van der Waals surface area contributed by atoms with Crippen LogP contribution in [0, 0.1) is 0 Å². The number of ether oxygens (including phenoxy) is 1. The van der Waals surface area contributed by atoms with Crippen LogP contribution in [-0.2, 0) is 14.3 Å². The van der Waals surface area contributed by atoms with Gasteiger partial charge < -0.3 is 15.2 Å². The van der Waals surface area contributed by atoms with Crippen LogP contribution in [0.5, 0.6) is 5.75 Å². The van der Waals surface area contributed by atoms with Gasteiger partial charge in [-0.15, -0.1) is 5.10 Å². The number of carbonyl (C=O) groups is 2. The van der Waals surface area contributed by atoms with E-state index in [9.17, 15) is 14.7 Å². The molecule has 2 amide bonds. The molecule has 0 radical (unpaired) electrons. The highest BCUT2D eigenvalue weighted by Gasteiger charge is 2.45. The van der Waals surface area contributed by atoms with Crippen molar-refractivity contribution in [3.63, 3.8) is 0 Å². The molecule has 0 saturated carbocycles. The highest BCUT2D eigenvalue weighted by Crippen LogP contribution is 2.32. The third kappa shape index (κ3) is 3.51. The van der Waals surface area contributed by atoms with Gasteiger partial charge in [0.15, 0.2) is 0 Å². The lowest BCUT2D eigenvalue weighted by molar-refractivity contribution is -0.147. The molecule has 26 heavy (non-hydrogen) atoms. The van der Waals surface area contributed by atoms with E-state index >= 15 is 0 Å². The molecule has 1 atom stereocenters. The Morgan fingerprint density at radius 1 is 1.15 bits per heavy atom. The fourth-order valence-corrected chi connectivity index (χ4v) is 2.77. The van der Waals surface area contributed by atoms with Crippen LogP contribution < -0.4 is 5.32 Å². The Morgan fingerprint density at radius 3 is 2.46 bits per heavy atom. The number of hydrogen-bond donors (Lipinski definition) is 2. The summed E-state index contributed by atoms with van der Waals surface area (Å²) in [5, 5.41) is 18.1. The molecule has 1 aliphatic rings. The summed E-state index contributed by atoms with van der Waals surface area (Å²) in [6, 6.07) is 15.5. The van der Waals surface area contributed by atoms with E-state index in [2.05, 4.69) is 10.4 Å². The standard InChI is InChI=1S/C19H19N3O4/c1-13(23)22-19(2,12-17(25)20-14-8-4-3-5-9-14)26-18(21-22)15-10-6-7-11-16(15)24/h3-11,24H,12H2,1-2H3,(H,20,25)/t19-/m0/s1. The van der Waals surface area contributed by atoms with E-state index in [-0.39, 0.29) is 29.9 Å². The average Bonchev–Trinajstić information content (AvgIpc) is 2.93. The van der Waals surface area contributed by atoms with Crippen molar-refractivity contribution in [2.24, 2.45) is 5.10 Å². The van der Waals surface area contributed by atoms with Gasteiger partial charge in [0.2, 0.25) is 23.4 Å². The van der Waals surface area contributed by atoms with E-state index in [0.717, 1.165) is 5.01 Å². The van der Waals surface area contributed by atoms with Crippen molar-refractivity contribution in [2.45, 2.75) is 26.0 Å². The molecule has 0 saturated heterocycles. The monoisotopic (exact) mass is 353 g/mol. The predicted molar refractivity (Wildman–Crippen MR) is 96.3 cm³/mol. The van der Waals surface area contributed by atoms with Crippen molar-refractivity contribution < 1.29 is 19.4 Å². The van der Waals surface area contributed by atoms with Crippen LogP contribution in [0.2, 0.25) is 0 Å². The molecule has 0 bridgehead atoms. The Morgan fingerprint density at radius 2 is 1.81 bits per heavy atom. The number of anilines is 1. The molecule has 7 heteroatoms. The van der Waals surface area contributed by atoms with Crippen LogP contribution in [0.3, 0.4) is 0 Å². The summed E-state index contributed by atoms with van der Waals surface area (Å²) in [7, 11) is 0. The molecule has 1 aliphatic heterocycles. The molecule has 3 rings (SSSR count). The maximum absolute atomic E-state index is 12.4. The van der Waals surface area contributed by atoms with Crippen molar-refractivity contribution in [1.29, 1.82) is 0 Å². The van der Waals surface area contributed by atoms with Gasteiger partial charge in [-0.1, -0.05) is 30.3 Å². The van der Waals surface area contributed by atoms with Gasteiger partial charge in [-0.3, -0.25) is 9.59 Å². The largest absolute Gasteiger partial charge is 0.507 e. The average molecular weight is 353 g/mol. The molecule has 2 aromatic rings. The first-order valence-corrected chi connectivity index (χ1v) is 8.11. The van der Waals surface area contributed by atoms with Crippen LogP contribution in [0.1, 0.15) is 25.8 Å². The van der Waals surface area contributed by atoms with E-state index < -0.39 is 5.72 Å². The number of phenols is 1. The molecule has 2 aromatic carbocycles. The number of amides is 2. The van der Waals surface area contributed by atoms with E-state index in [4.69, 9.17) is 4.74 Å². The van der Waals surface area contributed by atoms with Gasteiger partial charge in [0.05, 0.1) is 12.0 Å². The first-order chi connectivity index (χ1) is 12.4. The molecule has 0 aliphatic carbocycles. The van der Waals surface area contributed by atoms with Crippen LogP contribution in [0.15, 0.2) is 59.7 Å². The molecule has 7 nitrogen and oxygen atoms in total. The molecule has 1 heterocycles. The summed E-state index contributed by atoms with van der Waals surface area (Å²) in [5.74, 6) is -0.620. The zero-order chi connectivity index (χ0) is 18.7. The molecular weight excluding hydrogens is 334 g/mol. The number of benzene rings is 2. The van der Waals surface area contributed by atoms with Crippen molar-refractivity contribution in [2.75, 3.05) is 5.32 Å². The minimum Gasteiger partial charge on any atom is -0.507 e.